The fourth-order valence-corrected chi connectivity index (χ4v) is 3.90. The molecule has 7 heteroatoms. The summed E-state index contributed by atoms with van der Waals surface area (Å²) in [6.07, 6.45) is 0. The van der Waals surface area contributed by atoms with Crippen LogP contribution >= 0.6 is 0 Å². The molecule has 0 aliphatic carbocycles. The van der Waals surface area contributed by atoms with E-state index in [9.17, 15) is 4.79 Å². The van der Waals surface area contributed by atoms with Crippen LogP contribution in [-0.4, -0.2) is 58.5 Å². The maximum Gasteiger partial charge on any atom is 0.260 e. The third-order valence-corrected chi connectivity index (χ3v) is 5.66. The first-order chi connectivity index (χ1) is 15.0. The summed E-state index contributed by atoms with van der Waals surface area (Å²) in [5.74, 6) is 2.37. The average molecular weight is 420 g/mol. The minimum Gasteiger partial charge on any atom is -0.483 e. The van der Waals surface area contributed by atoms with Gasteiger partial charge in [-0.2, -0.15) is 0 Å². The van der Waals surface area contributed by atoms with Gasteiger partial charge in [0.25, 0.3) is 5.91 Å². The van der Waals surface area contributed by atoms with E-state index in [-0.39, 0.29) is 12.5 Å². The van der Waals surface area contributed by atoms with Crippen molar-refractivity contribution < 1.29 is 9.53 Å². The summed E-state index contributed by atoms with van der Waals surface area (Å²) in [5, 5.41) is 0.876. The van der Waals surface area contributed by atoms with E-state index in [4.69, 9.17) is 10.5 Å². The number of aromatic nitrogens is 2. The number of anilines is 1. The van der Waals surface area contributed by atoms with Crippen LogP contribution in [0.3, 0.4) is 0 Å². The monoisotopic (exact) mass is 419 g/mol. The van der Waals surface area contributed by atoms with Crippen molar-refractivity contribution in [1.29, 1.82) is 0 Å². The molecular formula is C24H29N5O2. The zero-order chi connectivity index (χ0) is 21.8. The largest absolute Gasteiger partial charge is 0.483 e. The highest BCUT2D eigenvalue weighted by molar-refractivity contribution is 5.87. The van der Waals surface area contributed by atoms with Gasteiger partial charge < -0.3 is 15.4 Å². The van der Waals surface area contributed by atoms with Gasteiger partial charge in [0.05, 0.1) is 12.1 Å². The molecule has 1 saturated heterocycles. The van der Waals surface area contributed by atoms with E-state index in [1.165, 1.54) is 0 Å². The van der Waals surface area contributed by atoms with Gasteiger partial charge in [-0.1, -0.05) is 44.2 Å². The molecule has 0 radical (unpaired) electrons. The summed E-state index contributed by atoms with van der Waals surface area (Å²) in [6, 6.07) is 15.7. The van der Waals surface area contributed by atoms with Crippen LogP contribution in [-0.2, 0) is 11.3 Å². The molecule has 1 aliphatic rings. The van der Waals surface area contributed by atoms with Crippen molar-refractivity contribution in [3.8, 4) is 5.75 Å². The van der Waals surface area contributed by atoms with Crippen LogP contribution < -0.4 is 10.5 Å². The number of hydrogen-bond donors (Lipinski definition) is 1. The van der Waals surface area contributed by atoms with E-state index in [0.717, 1.165) is 35.3 Å². The smallest absolute Gasteiger partial charge is 0.260 e. The fraction of sp³-hybridized carbons (Fsp3) is 0.375. The van der Waals surface area contributed by atoms with E-state index in [1.807, 2.05) is 53.4 Å². The number of rotatable bonds is 6. The molecule has 31 heavy (non-hydrogen) atoms. The first-order valence-electron chi connectivity index (χ1n) is 10.7. The number of piperazine rings is 1. The highest BCUT2D eigenvalue weighted by Gasteiger charge is 2.22. The number of nitrogen functional groups attached to an aromatic ring is 1. The molecule has 0 unspecified atom stereocenters. The van der Waals surface area contributed by atoms with Gasteiger partial charge >= 0.3 is 0 Å². The maximum atomic E-state index is 12.6. The Hall–Kier alpha value is -3.19. The number of fused-ring (bicyclic) bond motifs is 1. The van der Waals surface area contributed by atoms with Crippen LogP contribution in [0.2, 0.25) is 0 Å². The first-order valence-corrected chi connectivity index (χ1v) is 10.7. The van der Waals surface area contributed by atoms with Crippen molar-refractivity contribution in [1.82, 2.24) is 19.8 Å². The Morgan fingerprint density at radius 2 is 1.74 bits per heavy atom. The second-order valence-electron chi connectivity index (χ2n) is 8.18. The van der Waals surface area contributed by atoms with Crippen LogP contribution in [0.1, 0.15) is 31.2 Å². The van der Waals surface area contributed by atoms with Gasteiger partial charge in [-0.15, -0.1) is 0 Å². The molecule has 0 spiro atoms. The third-order valence-electron chi connectivity index (χ3n) is 5.66. The van der Waals surface area contributed by atoms with Gasteiger partial charge in [-0.3, -0.25) is 9.69 Å². The molecule has 2 N–H and O–H groups in total. The Morgan fingerprint density at radius 1 is 1.03 bits per heavy atom. The van der Waals surface area contributed by atoms with Gasteiger partial charge in [0.2, 0.25) is 0 Å². The Bertz CT molecular complexity index is 1060. The molecule has 2 heterocycles. The molecule has 0 bridgehead atoms. The zero-order valence-electron chi connectivity index (χ0n) is 18.1. The quantitative estimate of drug-likeness (QED) is 0.661. The second-order valence-corrected chi connectivity index (χ2v) is 8.18. The van der Waals surface area contributed by atoms with Gasteiger partial charge in [-0.25, -0.2) is 9.97 Å². The molecular weight excluding hydrogens is 390 g/mol. The Morgan fingerprint density at radius 3 is 2.52 bits per heavy atom. The summed E-state index contributed by atoms with van der Waals surface area (Å²) >= 11 is 0. The summed E-state index contributed by atoms with van der Waals surface area (Å²) < 4.78 is 5.85. The predicted molar refractivity (Wildman–Crippen MR) is 122 cm³/mol. The Balaban J connectivity index is 1.30. The van der Waals surface area contributed by atoms with Crippen LogP contribution in [0.15, 0.2) is 48.5 Å². The molecule has 4 rings (SSSR count). The lowest BCUT2D eigenvalue weighted by Crippen LogP contribution is -2.49. The lowest BCUT2D eigenvalue weighted by atomic mass is 10.0. The summed E-state index contributed by atoms with van der Waals surface area (Å²) in [7, 11) is 0. The molecule has 1 aliphatic heterocycles. The number of nitrogens with zero attached hydrogens (tertiary/aromatic N) is 4. The predicted octanol–water partition coefficient (Wildman–Crippen LogP) is 3.06. The number of nitrogens with two attached hydrogens (primary N) is 1. The maximum absolute atomic E-state index is 12.6. The molecule has 7 nitrogen and oxygen atoms in total. The molecule has 1 aromatic heterocycles. The van der Waals surface area contributed by atoms with Gasteiger partial charge in [0, 0.05) is 31.6 Å². The number of hydrogen-bond acceptors (Lipinski definition) is 6. The highest BCUT2D eigenvalue weighted by atomic mass is 16.5. The van der Waals surface area contributed by atoms with Gasteiger partial charge in [-0.05, 0) is 29.7 Å². The summed E-state index contributed by atoms with van der Waals surface area (Å²) in [5.41, 5.74) is 8.08. The SMILES string of the molecule is CC(C)c1ccccc1OCC(=O)N1CCN(Cc2nc(N)c3ccccc3n2)CC1. The lowest BCUT2D eigenvalue weighted by Gasteiger charge is -2.34. The minimum atomic E-state index is 0.0180. The molecule has 2 aromatic carbocycles. The molecule has 162 valence electrons. The Kier molecular flexibility index (Phi) is 6.32. The fourth-order valence-electron chi connectivity index (χ4n) is 3.90. The van der Waals surface area contributed by atoms with Crippen molar-refractivity contribution in [2.24, 2.45) is 0 Å². The Labute approximate surface area is 182 Å². The van der Waals surface area contributed by atoms with Crippen molar-refractivity contribution >= 4 is 22.6 Å². The number of benzene rings is 2. The zero-order valence-corrected chi connectivity index (χ0v) is 18.1. The van der Waals surface area contributed by atoms with Crippen molar-refractivity contribution in [2.45, 2.75) is 26.3 Å². The number of amides is 1. The highest BCUT2D eigenvalue weighted by Crippen LogP contribution is 2.26. The topological polar surface area (TPSA) is 84.6 Å². The van der Waals surface area contributed by atoms with E-state index in [0.29, 0.717) is 37.2 Å². The van der Waals surface area contributed by atoms with E-state index in [2.05, 4.69) is 28.7 Å². The molecule has 3 aromatic rings. The minimum absolute atomic E-state index is 0.0180. The molecule has 0 saturated carbocycles. The molecule has 1 fully saturated rings. The van der Waals surface area contributed by atoms with Crippen LogP contribution in [0, 0.1) is 0 Å². The molecule has 0 atom stereocenters. The van der Waals surface area contributed by atoms with Gasteiger partial charge in [0.1, 0.15) is 17.4 Å². The van der Waals surface area contributed by atoms with E-state index in [1.54, 1.807) is 0 Å². The number of ether oxygens (including phenoxy) is 1. The first kappa shape index (κ1) is 21.1. The summed E-state index contributed by atoms with van der Waals surface area (Å²) in [4.78, 5) is 25.9. The summed E-state index contributed by atoms with van der Waals surface area (Å²) in [6.45, 7) is 7.79. The van der Waals surface area contributed by atoms with Crippen LogP contribution in [0.25, 0.3) is 10.9 Å². The third kappa shape index (κ3) is 4.94. The standard InChI is InChI=1S/C24H29N5O2/c1-17(2)18-7-4-6-10-21(18)31-16-23(30)29-13-11-28(12-14-29)15-22-26-20-9-5-3-8-19(20)24(25)27-22/h3-10,17H,11-16H2,1-2H3,(H2,25,26,27). The van der Waals surface area contributed by atoms with Crippen LogP contribution in [0.4, 0.5) is 5.82 Å². The molecule has 1 amide bonds. The number of carbonyl (C=O) groups is 1. The van der Waals surface area contributed by atoms with Crippen molar-refractivity contribution in [2.75, 3.05) is 38.5 Å². The van der Waals surface area contributed by atoms with Crippen LogP contribution in [0.5, 0.6) is 5.75 Å². The average Bonchev–Trinajstić information content (AvgIpc) is 2.78. The second kappa shape index (κ2) is 9.31. The van der Waals surface area contributed by atoms with Gasteiger partial charge in [0.15, 0.2) is 6.61 Å². The van der Waals surface area contributed by atoms with Crippen molar-refractivity contribution in [3.05, 3.63) is 59.9 Å². The van der Waals surface area contributed by atoms with Crippen molar-refractivity contribution in [3.63, 3.8) is 0 Å². The van der Waals surface area contributed by atoms with E-state index < -0.39 is 0 Å². The number of para-hydroxylation sites is 2. The number of carbonyl (C=O) groups excluding carboxylic acids is 1. The normalized spacial score (nSPS) is 14.9. The lowest BCUT2D eigenvalue weighted by molar-refractivity contribution is -0.135. The van der Waals surface area contributed by atoms with E-state index >= 15 is 0 Å².